The van der Waals surface area contributed by atoms with Crippen LogP contribution in [0.3, 0.4) is 0 Å². The molecule has 0 spiro atoms. The van der Waals surface area contributed by atoms with Crippen molar-refractivity contribution in [1.29, 1.82) is 0 Å². The van der Waals surface area contributed by atoms with Crippen molar-refractivity contribution >= 4 is 40.5 Å². The molecule has 25 heavy (non-hydrogen) atoms. The highest BCUT2D eigenvalue weighted by molar-refractivity contribution is 7.71. The molecule has 0 aliphatic rings. The molecule has 0 saturated heterocycles. The average molecular weight is 364 g/mol. The fourth-order valence-electron chi connectivity index (χ4n) is 2.80. The second-order valence-corrected chi connectivity index (χ2v) is 7.12. The van der Waals surface area contributed by atoms with Crippen molar-refractivity contribution < 1.29 is 0 Å². The first-order valence-electron chi connectivity index (χ1n) is 7.94. The second kappa shape index (κ2) is 6.74. The lowest BCUT2D eigenvalue weighted by Crippen LogP contribution is -2.01. The number of fused-ring (bicyclic) bond motifs is 1. The minimum absolute atomic E-state index is 0.501. The number of benzene rings is 2. The minimum Gasteiger partial charge on any atom is -0.250 e. The predicted molar refractivity (Wildman–Crippen MR) is 106 cm³/mol. The third-order valence-corrected chi connectivity index (χ3v) is 5.36. The Kier molecular flexibility index (Phi) is 4.29. The van der Waals surface area contributed by atoms with Gasteiger partial charge in [-0.05, 0) is 52.5 Å². The van der Waals surface area contributed by atoms with Gasteiger partial charge in [-0.15, -0.1) is 11.3 Å². The van der Waals surface area contributed by atoms with Crippen LogP contribution in [0.15, 0.2) is 59.0 Å². The van der Waals surface area contributed by atoms with Crippen LogP contribution in [0.4, 0.5) is 0 Å². The smallest absolute Gasteiger partial charge is 0.216 e. The monoisotopic (exact) mass is 364 g/mol. The van der Waals surface area contributed by atoms with Gasteiger partial charge < -0.3 is 0 Å². The average Bonchev–Trinajstić information content (AvgIpc) is 3.19. The van der Waals surface area contributed by atoms with E-state index in [1.54, 1.807) is 16.0 Å². The van der Waals surface area contributed by atoms with Gasteiger partial charge >= 0.3 is 0 Å². The Balaban J connectivity index is 1.71. The maximum absolute atomic E-state index is 5.35. The summed E-state index contributed by atoms with van der Waals surface area (Å²) < 4.78 is 2.21. The first-order valence-corrected chi connectivity index (χ1v) is 9.22. The number of hydrogen-bond acceptors (Lipinski definition) is 4. The number of rotatable bonds is 4. The van der Waals surface area contributed by atoms with E-state index in [4.69, 9.17) is 12.2 Å². The maximum atomic E-state index is 5.35. The highest BCUT2D eigenvalue weighted by Crippen LogP contribution is 2.21. The van der Waals surface area contributed by atoms with Gasteiger partial charge in [0.05, 0.1) is 11.1 Å². The molecule has 0 unspecified atom stereocenters. The lowest BCUT2D eigenvalue weighted by atomic mass is 10.0. The van der Waals surface area contributed by atoms with E-state index in [-0.39, 0.29) is 0 Å². The van der Waals surface area contributed by atoms with Crippen molar-refractivity contribution in [3.8, 4) is 0 Å². The van der Waals surface area contributed by atoms with Crippen molar-refractivity contribution in [2.75, 3.05) is 0 Å². The fraction of sp³-hybridized carbons (Fsp3) is 0.105. The highest BCUT2D eigenvalue weighted by atomic mass is 32.1. The van der Waals surface area contributed by atoms with Crippen molar-refractivity contribution in [1.82, 2.24) is 14.9 Å². The summed E-state index contributed by atoms with van der Waals surface area (Å²) in [6.07, 6.45) is 2.51. The predicted octanol–water partition coefficient (Wildman–Crippen LogP) is 4.94. The van der Waals surface area contributed by atoms with Gasteiger partial charge in [-0.3, -0.25) is 5.10 Å². The van der Waals surface area contributed by atoms with Gasteiger partial charge in [0.1, 0.15) is 0 Å². The Labute approximate surface area is 154 Å². The molecule has 0 radical (unpaired) electrons. The molecule has 0 saturated carbocycles. The number of aryl methyl sites for hydroxylation is 1. The third-order valence-electron chi connectivity index (χ3n) is 4.14. The molecule has 0 bridgehead atoms. The Morgan fingerprint density at radius 2 is 2.04 bits per heavy atom. The molecule has 2 aromatic carbocycles. The van der Waals surface area contributed by atoms with Gasteiger partial charge in [0.25, 0.3) is 0 Å². The molecule has 2 aromatic heterocycles. The number of aromatic amines is 1. The van der Waals surface area contributed by atoms with Crippen LogP contribution in [0.25, 0.3) is 10.8 Å². The topological polar surface area (TPSA) is 46.0 Å². The van der Waals surface area contributed by atoms with Crippen molar-refractivity contribution in [3.05, 3.63) is 80.5 Å². The summed E-state index contributed by atoms with van der Waals surface area (Å²) >= 11 is 7.01. The first kappa shape index (κ1) is 15.9. The number of hydrogen-bond donors (Lipinski definition) is 1. The number of thiophene rings is 1. The number of nitrogens with zero attached hydrogens (tertiary/aromatic N) is 3. The Morgan fingerprint density at radius 1 is 1.20 bits per heavy atom. The lowest BCUT2D eigenvalue weighted by Gasteiger charge is -2.06. The van der Waals surface area contributed by atoms with Crippen LogP contribution in [0.2, 0.25) is 0 Å². The molecule has 6 heteroatoms. The van der Waals surface area contributed by atoms with Crippen LogP contribution in [-0.2, 0) is 6.42 Å². The molecule has 124 valence electrons. The number of H-pyrrole nitrogens is 1. The second-order valence-electron chi connectivity index (χ2n) is 5.78. The largest absolute Gasteiger partial charge is 0.250 e. The van der Waals surface area contributed by atoms with E-state index in [2.05, 4.69) is 76.1 Å². The molecule has 0 aliphatic heterocycles. The molecule has 0 amide bonds. The summed E-state index contributed by atoms with van der Waals surface area (Å²) in [5, 5.41) is 16.3. The van der Waals surface area contributed by atoms with E-state index in [0.29, 0.717) is 11.2 Å². The van der Waals surface area contributed by atoms with Gasteiger partial charge in [-0.25, -0.2) is 0 Å². The highest BCUT2D eigenvalue weighted by Gasteiger charge is 2.09. The molecule has 1 N–H and O–H groups in total. The van der Waals surface area contributed by atoms with Crippen molar-refractivity contribution in [3.63, 3.8) is 0 Å². The van der Waals surface area contributed by atoms with Gasteiger partial charge in [0.2, 0.25) is 4.77 Å². The molecular weight excluding hydrogens is 348 g/mol. The summed E-state index contributed by atoms with van der Waals surface area (Å²) in [6.45, 7) is 2.07. The zero-order valence-corrected chi connectivity index (χ0v) is 15.3. The van der Waals surface area contributed by atoms with Gasteiger partial charge in [-0.2, -0.15) is 14.9 Å². The minimum atomic E-state index is 0.501. The van der Waals surface area contributed by atoms with E-state index < -0.39 is 0 Å². The quantitative estimate of drug-likeness (QED) is 0.412. The summed E-state index contributed by atoms with van der Waals surface area (Å²) in [5.41, 5.74) is 2.41. The SMILES string of the molecule is Cc1ccsc1/C=N\n1c(Cc2cccc3ccccc23)n[nH]c1=S. The van der Waals surface area contributed by atoms with E-state index in [1.807, 2.05) is 6.21 Å². The summed E-state index contributed by atoms with van der Waals surface area (Å²) in [7, 11) is 0. The van der Waals surface area contributed by atoms with Crippen LogP contribution < -0.4 is 0 Å². The van der Waals surface area contributed by atoms with E-state index in [1.165, 1.54) is 21.9 Å². The Morgan fingerprint density at radius 3 is 2.88 bits per heavy atom. The summed E-state index contributed by atoms with van der Waals surface area (Å²) in [4.78, 5) is 1.12. The van der Waals surface area contributed by atoms with Crippen LogP contribution in [0, 0.1) is 11.7 Å². The molecule has 4 nitrogen and oxygen atoms in total. The van der Waals surface area contributed by atoms with Crippen molar-refractivity contribution in [2.45, 2.75) is 13.3 Å². The van der Waals surface area contributed by atoms with Gasteiger partial charge in [0, 0.05) is 6.42 Å². The summed E-state index contributed by atoms with van der Waals surface area (Å²) in [6, 6.07) is 16.8. The van der Waals surface area contributed by atoms with Crippen LogP contribution >= 0.6 is 23.6 Å². The van der Waals surface area contributed by atoms with E-state index >= 15 is 0 Å². The number of nitrogens with one attached hydrogen (secondary N) is 1. The normalized spacial score (nSPS) is 11.6. The molecule has 0 fully saturated rings. The zero-order valence-electron chi connectivity index (χ0n) is 13.6. The standard InChI is InChI=1S/C19H16N4S2/c1-13-9-10-25-17(13)12-20-23-18(21-22-19(23)24)11-15-7-4-6-14-5-2-3-8-16(14)15/h2-10,12H,11H2,1H3,(H,22,24)/b20-12-. The zero-order chi connectivity index (χ0) is 17.2. The fourth-order valence-corrected chi connectivity index (χ4v) is 3.78. The molecule has 4 aromatic rings. The van der Waals surface area contributed by atoms with Crippen LogP contribution in [0.1, 0.15) is 21.8 Å². The van der Waals surface area contributed by atoms with Gasteiger partial charge in [-0.1, -0.05) is 42.5 Å². The van der Waals surface area contributed by atoms with Gasteiger partial charge in [0.15, 0.2) is 5.82 Å². The van der Waals surface area contributed by atoms with Crippen molar-refractivity contribution in [2.24, 2.45) is 5.10 Å². The van der Waals surface area contributed by atoms with E-state index in [0.717, 1.165) is 10.7 Å². The van der Waals surface area contributed by atoms with Crippen LogP contribution in [0.5, 0.6) is 0 Å². The summed E-state index contributed by atoms with van der Waals surface area (Å²) in [5.74, 6) is 0.798. The van der Waals surface area contributed by atoms with Crippen LogP contribution in [-0.4, -0.2) is 21.1 Å². The lowest BCUT2D eigenvalue weighted by molar-refractivity contribution is 0.793. The maximum Gasteiger partial charge on any atom is 0.216 e. The van der Waals surface area contributed by atoms with E-state index in [9.17, 15) is 0 Å². The Hall–Kier alpha value is -2.57. The molecule has 0 atom stereocenters. The molecule has 4 rings (SSSR count). The molecule has 0 aliphatic carbocycles. The Bertz CT molecular complexity index is 1110. The molecular formula is C19H16N4S2. The first-order chi connectivity index (χ1) is 12.2. The molecule has 2 heterocycles. The third kappa shape index (κ3) is 3.18. The number of aromatic nitrogens is 3.